The van der Waals surface area contributed by atoms with Gasteiger partial charge in [0.05, 0.1) is 6.54 Å². The van der Waals surface area contributed by atoms with Gasteiger partial charge in [0.15, 0.2) is 13.2 Å². The molecule has 0 radical (unpaired) electrons. The normalized spacial score (nSPS) is 13.7. The van der Waals surface area contributed by atoms with E-state index in [0.29, 0.717) is 5.75 Å². The highest BCUT2D eigenvalue weighted by molar-refractivity contribution is 5.94. The third-order valence-electron chi connectivity index (χ3n) is 3.50. The number of rotatable bonds is 5. The Balaban J connectivity index is 1.48. The molecule has 7 heteroatoms. The smallest absolute Gasteiger partial charge is 0.416 e. The zero-order valence-corrected chi connectivity index (χ0v) is 12.8. The van der Waals surface area contributed by atoms with Gasteiger partial charge in [-0.2, -0.15) is 0 Å². The molecular formula is C17H15NO6. The second kappa shape index (κ2) is 6.99. The summed E-state index contributed by atoms with van der Waals surface area (Å²) >= 11 is 0. The Hall–Kier alpha value is -3.09. The van der Waals surface area contributed by atoms with Gasteiger partial charge in [0.2, 0.25) is 0 Å². The molecule has 0 spiro atoms. The molecule has 1 aliphatic rings. The van der Waals surface area contributed by atoms with Gasteiger partial charge >= 0.3 is 12.1 Å². The maximum atomic E-state index is 11.7. The number of carbonyl (C=O) groups is 3. The van der Waals surface area contributed by atoms with Gasteiger partial charge in [0, 0.05) is 0 Å². The van der Waals surface area contributed by atoms with Crippen LogP contribution in [0.3, 0.4) is 0 Å². The molecule has 0 aliphatic carbocycles. The molecule has 0 N–H and O–H groups in total. The summed E-state index contributed by atoms with van der Waals surface area (Å²) in [7, 11) is 0. The molecule has 1 fully saturated rings. The second-order valence-corrected chi connectivity index (χ2v) is 5.12. The second-order valence-electron chi connectivity index (χ2n) is 5.12. The molecule has 124 valence electrons. The van der Waals surface area contributed by atoms with E-state index in [-0.39, 0.29) is 19.8 Å². The quantitative estimate of drug-likeness (QED) is 0.777. The average molecular weight is 329 g/mol. The van der Waals surface area contributed by atoms with Crippen LogP contribution in [0.15, 0.2) is 42.5 Å². The molecule has 1 heterocycles. The molecule has 0 aromatic heterocycles. The van der Waals surface area contributed by atoms with Crippen molar-refractivity contribution in [3.8, 4) is 5.75 Å². The van der Waals surface area contributed by atoms with Crippen molar-refractivity contribution in [1.82, 2.24) is 4.90 Å². The summed E-state index contributed by atoms with van der Waals surface area (Å²) in [6, 6.07) is 13.2. The van der Waals surface area contributed by atoms with E-state index in [1.807, 2.05) is 36.4 Å². The van der Waals surface area contributed by atoms with E-state index in [0.717, 1.165) is 15.7 Å². The Morgan fingerprint density at radius 1 is 1.08 bits per heavy atom. The van der Waals surface area contributed by atoms with Gasteiger partial charge in [0.1, 0.15) is 12.4 Å². The van der Waals surface area contributed by atoms with Crippen LogP contribution in [0.1, 0.15) is 0 Å². The van der Waals surface area contributed by atoms with Gasteiger partial charge < -0.3 is 14.2 Å². The first-order chi connectivity index (χ1) is 11.6. The van der Waals surface area contributed by atoms with E-state index in [1.165, 1.54) is 0 Å². The number of imide groups is 1. The lowest BCUT2D eigenvalue weighted by Gasteiger charge is -2.11. The van der Waals surface area contributed by atoms with Crippen LogP contribution in [0.5, 0.6) is 5.75 Å². The van der Waals surface area contributed by atoms with Crippen LogP contribution in [0.4, 0.5) is 4.79 Å². The fourth-order valence-corrected chi connectivity index (χ4v) is 2.28. The van der Waals surface area contributed by atoms with E-state index in [2.05, 4.69) is 4.74 Å². The topological polar surface area (TPSA) is 82.1 Å². The Morgan fingerprint density at radius 2 is 1.88 bits per heavy atom. The van der Waals surface area contributed by atoms with Crippen molar-refractivity contribution in [2.45, 2.75) is 0 Å². The lowest BCUT2D eigenvalue weighted by atomic mass is 10.1. The largest absolute Gasteiger partial charge is 0.482 e. The number of fused-ring (bicyclic) bond motifs is 1. The number of cyclic esters (lactones) is 1. The van der Waals surface area contributed by atoms with Crippen LogP contribution >= 0.6 is 0 Å². The fraction of sp³-hybridized carbons (Fsp3) is 0.235. The average Bonchev–Trinajstić information content (AvgIpc) is 3.03. The summed E-state index contributed by atoms with van der Waals surface area (Å²) in [5.74, 6) is -0.777. The maximum absolute atomic E-state index is 11.7. The first kappa shape index (κ1) is 15.8. The summed E-state index contributed by atoms with van der Waals surface area (Å²) in [6.07, 6.45) is -0.719. The van der Waals surface area contributed by atoms with E-state index in [9.17, 15) is 14.4 Å². The zero-order chi connectivity index (χ0) is 16.9. The molecule has 1 aliphatic heterocycles. The highest BCUT2D eigenvalue weighted by Crippen LogP contribution is 2.20. The van der Waals surface area contributed by atoms with Gasteiger partial charge in [-0.25, -0.2) is 14.5 Å². The van der Waals surface area contributed by atoms with Crippen molar-refractivity contribution in [2.24, 2.45) is 0 Å². The van der Waals surface area contributed by atoms with E-state index in [1.54, 1.807) is 6.07 Å². The van der Waals surface area contributed by atoms with Gasteiger partial charge in [-0.05, 0) is 22.9 Å². The number of hydrogen-bond donors (Lipinski definition) is 0. The number of amides is 2. The van der Waals surface area contributed by atoms with Crippen molar-refractivity contribution in [1.29, 1.82) is 0 Å². The number of esters is 1. The molecule has 2 amide bonds. The first-order valence-electron chi connectivity index (χ1n) is 7.38. The van der Waals surface area contributed by atoms with Gasteiger partial charge in [-0.3, -0.25) is 4.79 Å². The summed E-state index contributed by atoms with van der Waals surface area (Å²) in [5, 5.41) is 2.06. The zero-order valence-electron chi connectivity index (χ0n) is 12.8. The molecule has 0 saturated carbocycles. The molecule has 0 unspecified atom stereocenters. The van der Waals surface area contributed by atoms with Crippen LogP contribution in [-0.4, -0.2) is 49.2 Å². The number of carbonyl (C=O) groups excluding carboxylic acids is 3. The predicted molar refractivity (Wildman–Crippen MR) is 83.5 cm³/mol. The summed E-state index contributed by atoms with van der Waals surface area (Å²) < 4.78 is 14.8. The van der Waals surface area contributed by atoms with Gasteiger partial charge in [-0.15, -0.1) is 0 Å². The standard InChI is InChI=1S/C17H15NO6/c19-15(18-7-8-22-17(18)21)10-24-16(20)11-23-14-6-5-12-3-1-2-4-13(12)9-14/h1-6,9H,7-8,10-11H2. The van der Waals surface area contributed by atoms with Crippen molar-refractivity contribution in [3.05, 3.63) is 42.5 Å². The summed E-state index contributed by atoms with van der Waals surface area (Å²) in [4.78, 5) is 35.4. The first-order valence-corrected chi connectivity index (χ1v) is 7.38. The highest BCUT2D eigenvalue weighted by atomic mass is 16.6. The Morgan fingerprint density at radius 3 is 2.62 bits per heavy atom. The summed E-state index contributed by atoms with van der Waals surface area (Å²) in [6.45, 7) is -0.516. The van der Waals surface area contributed by atoms with Gasteiger partial charge in [-0.1, -0.05) is 30.3 Å². The van der Waals surface area contributed by atoms with Crippen molar-refractivity contribution >= 4 is 28.7 Å². The molecule has 0 bridgehead atoms. The Bertz CT molecular complexity index is 787. The third kappa shape index (κ3) is 3.62. The number of nitrogens with zero attached hydrogens (tertiary/aromatic N) is 1. The van der Waals surface area contributed by atoms with Crippen molar-refractivity contribution < 1.29 is 28.6 Å². The van der Waals surface area contributed by atoms with E-state index < -0.39 is 24.6 Å². The minimum Gasteiger partial charge on any atom is -0.482 e. The van der Waals surface area contributed by atoms with E-state index >= 15 is 0 Å². The maximum Gasteiger partial charge on any atom is 0.416 e. The molecule has 1 saturated heterocycles. The SMILES string of the molecule is O=C(COc1ccc2ccccc2c1)OCC(=O)N1CCOC1=O. The number of benzene rings is 2. The van der Waals surface area contributed by atoms with E-state index in [4.69, 9.17) is 9.47 Å². The molecule has 2 aromatic rings. The fourth-order valence-electron chi connectivity index (χ4n) is 2.28. The minimum atomic E-state index is -0.719. The molecule has 7 nitrogen and oxygen atoms in total. The predicted octanol–water partition coefficient (Wildman–Crippen LogP) is 1.74. The monoisotopic (exact) mass is 329 g/mol. The van der Waals surface area contributed by atoms with Crippen LogP contribution in [0.2, 0.25) is 0 Å². The molecular weight excluding hydrogens is 314 g/mol. The van der Waals surface area contributed by atoms with Crippen LogP contribution in [-0.2, 0) is 19.1 Å². The molecule has 0 atom stereocenters. The number of hydrogen-bond acceptors (Lipinski definition) is 6. The minimum absolute atomic E-state index is 0.156. The number of ether oxygens (including phenoxy) is 3. The van der Waals surface area contributed by atoms with Gasteiger partial charge in [0.25, 0.3) is 5.91 Å². The summed E-state index contributed by atoms with van der Waals surface area (Å²) in [5.41, 5.74) is 0. The molecule has 3 rings (SSSR count). The molecule has 24 heavy (non-hydrogen) atoms. The lowest BCUT2D eigenvalue weighted by Crippen LogP contribution is -2.35. The lowest BCUT2D eigenvalue weighted by molar-refractivity contribution is -0.152. The molecule has 2 aromatic carbocycles. The van der Waals surface area contributed by atoms with Crippen LogP contribution in [0.25, 0.3) is 10.8 Å². The van der Waals surface area contributed by atoms with Crippen LogP contribution in [0, 0.1) is 0 Å². The van der Waals surface area contributed by atoms with Crippen molar-refractivity contribution in [2.75, 3.05) is 26.4 Å². The Kier molecular flexibility index (Phi) is 4.60. The van der Waals surface area contributed by atoms with Crippen molar-refractivity contribution in [3.63, 3.8) is 0 Å². The highest BCUT2D eigenvalue weighted by Gasteiger charge is 2.28. The third-order valence-corrected chi connectivity index (χ3v) is 3.50. The Labute approximate surface area is 137 Å². The van der Waals surface area contributed by atoms with Crippen LogP contribution < -0.4 is 4.74 Å².